The third-order valence-corrected chi connectivity index (χ3v) is 3.88. The van der Waals surface area contributed by atoms with E-state index in [0.717, 1.165) is 6.61 Å². The fraction of sp³-hybridized carbons (Fsp3) is 1.00. The molecule has 0 aliphatic heterocycles. The second kappa shape index (κ2) is 5.03. The first-order valence-corrected chi connectivity index (χ1v) is 8.65. The number of ether oxygens (including phenoxy) is 1. The van der Waals surface area contributed by atoms with Gasteiger partial charge in [0.1, 0.15) is 0 Å². The van der Waals surface area contributed by atoms with Crippen molar-refractivity contribution in [3.05, 3.63) is 0 Å². The Morgan fingerprint density at radius 2 is 1.58 bits per heavy atom. The van der Waals surface area contributed by atoms with Crippen LogP contribution in [0.25, 0.3) is 0 Å². The average Bonchev–Trinajstić information content (AvgIpc) is 1.84. The van der Waals surface area contributed by atoms with Crippen molar-refractivity contribution in [1.82, 2.24) is 0 Å². The zero-order valence-corrected chi connectivity index (χ0v) is 10.5. The summed E-state index contributed by atoms with van der Waals surface area (Å²) in [6, 6.07) is 1.28. The summed E-state index contributed by atoms with van der Waals surface area (Å²) in [6.45, 7) is 14.7. The molecule has 1 nitrogen and oxygen atoms in total. The van der Waals surface area contributed by atoms with Crippen LogP contribution in [-0.4, -0.2) is 20.8 Å². The Bertz CT molecular complexity index is 115. The van der Waals surface area contributed by atoms with E-state index in [-0.39, 0.29) is 0 Å². The van der Waals surface area contributed by atoms with Crippen LogP contribution in [0.15, 0.2) is 0 Å². The number of rotatable bonds is 5. The third-order valence-electron chi connectivity index (χ3n) is 2.17. The van der Waals surface area contributed by atoms with Crippen LogP contribution < -0.4 is 0 Å². The lowest BCUT2D eigenvalue weighted by Crippen LogP contribution is -2.24. The quantitative estimate of drug-likeness (QED) is 0.601. The van der Waals surface area contributed by atoms with Crippen LogP contribution in [0, 0.1) is 5.92 Å². The molecule has 74 valence electrons. The fourth-order valence-corrected chi connectivity index (χ4v) is 1.47. The van der Waals surface area contributed by atoms with Gasteiger partial charge in [-0.05, 0) is 18.9 Å². The number of hydrogen-bond acceptors (Lipinski definition) is 1. The molecule has 0 aromatic carbocycles. The highest BCUT2D eigenvalue weighted by atomic mass is 28.3. The van der Waals surface area contributed by atoms with Gasteiger partial charge in [0, 0.05) is 14.7 Å². The van der Waals surface area contributed by atoms with Gasteiger partial charge < -0.3 is 4.74 Å². The molecule has 0 spiro atoms. The Labute approximate surface area is 78.5 Å². The molecule has 0 aromatic heterocycles. The monoisotopic (exact) mass is 188 g/mol. The van der Waals surface area contributed by atoms with Gasteiger partial charge in [0.2, 0.25) is 0 Å². The smallest absolute Gasteiger partial charge is 0.0569 e. The van der Waals surface area contributed by atoms with E-state index < -0.39 is 8.07 Å². The molecule has 1 unspecified atom stereocenters. The summed E-state index contributed by atoms with van der Waals surface area (Å²) in [6.07, 6.45) is 0.418. The van der Waals surface area contributed by atoms with Gasteiger partial charge in [0.05, 0.1) is 6.10 Å². The van der Waals surface area contributed by atoms with Crippen molar-refractivity contribution in [2.24, 2.45) is 5.92 Å². The van der Waals surface area contributed by atoms with E-state index >= 15 is 0 Å². The van der Waals surface area contributed by atoms with E-state index in [2.05, 4.69) is 40.4 Å². The largest absolute Gasteiger partial charge is 0.379 e. The highest BCUT2D eigenvalue weighted by Crippen LogP contribution is 2.11. The van der Waals surface area contributed by atoms with Crippen LogP contribution in [-0.2, 0) is 4.74 Å². The third kappa shape index (κ3) is 6.86. The van der Waals surface area contributed by atoms with Crippen LogP contribution in [0.1, 0.15) is 20.8 Å². The lowest BCUT2D eigenvalue weighted by Gasteiger charge is -2.20. The molecule has 0 radical (unpaired) electrons. The Kier molecular flexibility index (Phi) is 5.10. The Morgan fingerprint density at radius 1 is 1.08 bits per heavy atom. The average molecular weight is 188 g/mol. The van der Waals surface area contributed by atoms with Crippen molar-refractivity contribution in [1.29, 1.82) is 0 Å². The lowest BCUT2D eigenvalue weighted by atomic mass is 10.1. The molecule has 0 aromatic rings. The molecule has 0 fully saturated rings. The van der Waals surface area contributed by atoms with Crippen LogP contribution in [0.3, 0.4) is 0 Å². The summed E-state index contributed by atoms with van der Waals surface area (Å²) in [7, 11) is -0.884. The van der Waals surface area contributed by atoms with Gasteiger partial charge in [-0.2, -0.15) is 0 Å². The molecule has 0 saturated heterocycles. The predicted octanol–water partition coefficient (Wildman–Crippen LogP) is 3.39. The maximum absolute atomic E-state index is 5.71. The van der Waals surface area contributed by atoms with E-state index in [9.17, 15) is 0 Å². The topological polar surface area (TPSA) is 9.23 Å². The fourth-order valence-electron chi connectivity index (χ4n) is 0.743. The lowest BCUT2D eigenvalue weighted by molar-refractivity contribution is 0.0439. The number of hydrogen-bond donors (Lipinski definition) is 0. The van der Waals surface area contributed by atoms with Gasteiger partial charge in [-0.3, -0.25) is 0 Å². The van der Waals surface area contributed by atoms with E-state index in [1.807, 2.05) is 0 Å². The highest BCUT2D eigenvalue weighted by Gasteiger charge is 2.14. The van der Waals surface area contributed by atoms with Crippen molar-refractivity contribution < 1.29 is 4.74 Å². The Balaban J connectivity index is 3.44. The van der Waals surface area contributed by atoms with E-state index in [1.54, 1.807) is 0 Å². The van der Waals surface area contributed by atoms with Gasteiger partial charge in [-0.15, -0.1) is 0 Å². The Hall–Kier alpha value is 0.177. The first-order chi connectivity index (χ1) is 5.33. The van der Waals surface area contributed by atoms with Crippen molar-refractivity contribution >= 4 is 8.07 Å². The van der Waals surface area contributed by atoms with Crippen molar-refractivity contribution in [2.45, 2.75) is 52.6 Å². The summed E-state index contributed by atoms with van der Waals surface area (Å²) in [5.41, 5.74) is 0. The predicted molar refractivity (Wildman–Crippen MR) is 58.4 cm³/mol. The SMILES string of the molecule is CC(C)C(C)OCC[Si](C)(C)C. The van der Waals surface area contributed by atoms with E-state index in [0.29, 0.717) is 12.0 Å². The molecule has 0 amide bonds. The normalized spacial score (nSPS) is 15.2. The van der Waals surface area contributed by atoms with Crippen molar-refractivity contribution in [3.63, 3.8) is 0 Å². The zero-order chi connectivity index (χ0) is 9.78. The summed E-state index contributed by atoms with van der Waals surface area (Å²) >= 11 is 0. The minimum Gasteiger partial charge on any atom is -0.379 e. The summed E-state index contributed by atoms with van der Waals surface area (Å²) in [5, 5.41) is 0. The van der Waals surface area contributed by atoms with Gasteiger partial charge >= 0.3 is 0 Å². The molecule has 1 atom stereocenters. The molecule has 0 heterocycles. The minimum atomic E-state index is -0.884. The molecular weight excluding hydrogens is 164 g/mol. The molecule has 0 aliphatic rings. The standard InChI is InChI=1S/C10H24OSi/c1-9(2)10(3)11-7-8-12(4,5)6/h9-10H,7-8H2,1-6H3. The molecule has 2 heteroatoms. The second-order valence-corrected chi connectivity index (χ2v) is 10.8. The van der Waals surface area contributed by atoms with E-state index in [1.165, 1.54) is 6.04 Å². The van der Waals surface area contributed by atoms with Gasteiger partial charge in [0.15, 0.2) is 0 Å². The maximum atomic E-state index is 5.71. The molecular formula is C10H24OSi. The maximum Gasteiger partial charge on any atom is 0.0569 e. The molecule has 0 saturated carbocycles. The highest BCUT2D eigenvalue weighted by molar-refractivity contribution is 6.76. The molecule has 0 bridgehead atoms. The summed E-state index contributed by atoms with van der Waals surface area (Å²) in [5.74, 6) is 0.645. The molecule has 0 aliphatic carbocycles. The van der Waals surface area contributed by atoms with Crippen LogP contribution in [0.5, 0.6) is 0 Å². The van der Waals surface area contributed by atoms with Gasteiger partial charge in [-0.25, -0.2) is 0 Å². The zero-order valence-electron chi connectivity index (χ0n) is 9.48. The van der Waals surface area contributed by atoms with Crippen molar-refractivity contribution in [2.75, 3.05) is 6.61 Å². The first kappa shape index (κ1) is 12.2. The minimum absolute atomic E-state index is 0.418. The van der Waals surface area contributed by atoms with Gasteiger partial charge in [-0.1, -0.05) is 33.5 Å². The van der Waals surface area contributed by atoms with Crippen LogP contribution >= 0.6 is 0 Å². The Morgan fingerprint density at radius 3 is 1.92 bits per heavy atom. The summed E-state index contributed by atoms with van der Waals surface area (Å²) < 4.78 is 5.71. The molecule has 0 rings (SSSR count). The second-order valence-electron chi connectivity index (χ2n) is 5.13. The summed E-state index contributed by atoms with van der Waals surface area (Å²) in [4.78, 5) is 0. The molecule has 0 N–H and O–H groups in total. The molecule has 12 heavy (non-hydrogen) atoms. The van der Waals surface area contributed by atoms with E-state index in [4.69, 9.17) is 4.74 Å². The van der Waals surface area contributed by atoms with Crippen molar-refractivity contribution in [3.8, 4) is 0 Å². The first-order valence-electron chi connectivity index (χ1n) is 4.94. The van der Waals surface area contributed by atoms with Crippen LogP contribution in [0.4, 0.5) is 0 Å². The van der Waals surface area contributed by atoms with Crippen LogP contribution in [0.2, 0.25) is 25.7 Å². The van der Waals surface area contributed by atoms with Gasteiger partial charge in [0.25, 0.3) is 0 Å².